The molecule has 0 aromatic heterocycles. The van der Waals surface area contributed by atoms with Crippen LogP contribution in [0.15, 0.2) is 48.2 Å². The number of rotatable bonds is 4. The molecule has 0 saturated carbocycles. The molecule has 0 spiro atoms. The molecule has 134 valence electrons. The second kappa shape index (κ2) is 6.96. The largest absolute Gasteiger partial charge is 0.350 e. The van der Waals surface area contributed by atoms with E-state index in [2.05, 4.69) is 5.32 Å². The molecule has 0 radical (unpaired) electrons. The number of amides is 2. The summed E-state index contributed by atoms with van der Waals surface area (Å²) in [6.45, 7) is 7.66. The van der Waals surface area contributed by atoms with E-state index >= 15 is 0 Å². The summed E-state index contributed by atoms with van der Waals surface area (Å²) in [7, 11) is 0. The van der Waals surface area contributed by atoms with Crippen LogP contribution in [0.5, 0.6) is 0 Å². The maximum atomic E-state index is 13.0. The number of benzene rings is 2. The van der Waals surface area contributed by atoms with Crippen LogP contribution in [0.1, 0.15) is 30.5 Å². The van der Waals surface area contributed by atoms with E-state index in [1.807, 2.05) is 45.9 Å². The second-order valence-electron chi connectivity index (χ2n) is 6.70. The number of aryl methyl sites for hydroxylation is 1. The van der Waals surface area contributed by atoms with Gasteiger partial charge in [-0.15, -0.1) is 0 Å². The van der Waals surface area contributed by atoms with E-state index in [1.54, 1.807) is 24.3 Å². The second-order valence-corrected chi connectivity index (χ2v) is 7.14. The van der Waals surface area contributed by atoms with Crippen LogP contribution in [0.3, 0.4) is 0 Å². The standard InChI is InChI=1S/C21H21ClN2O2/c1-12(2)24-20(25)18(15-8-10-16(22)11-9-15)19(21(24)26)23-17-7-5-6-13(3)14(17)4/h5-12,23H,1-4H3. The van der Waals surface area contributed by atoms with Crippen molar-refractivity contribution in [3.63, 3.8) is 0 Å². The average molecular weight is 369 g/mol. The number of imide groups is 1. The van der Waals surface area contributed by atoms with Crippen molar-refractivity contribution in [2.45, 2.75) is 33.7 Å². The molecule has 1 heterocycles. The number of halogens is 1. The SMILES string of the molecule is Cc1cccc(NC2=C(c3ccc(Cl)cc3)C(=O)N(C(C)C)C2=O)c1C. The van der Waals surface area contributed by atoms with E-state index in [0.717, 1.165) is 16.8 Å². The maximum absolute atomic E-state index is 13.0. The zero-order valence-corrected chi connectivity index (χ0v) is 16.0. The van der Waals surface area contributed by atoms with Gasteiger partial charge in [-0.05, 0) is 62.6 Å². The monoisotopic (exact) mass is 368 g/mol. The van der Waals surface area contributed by atoms with Gasteiger partial charge in [0.2, 0.25) is 0 Å². The smallest absolute Gasteiger partial charge is 0.278 e. The number of anilines is 1. The highest BCUT2D eigenvalue weighted by atomic mass is 35.5. The highest BCUT2D eigenvalue weighted by Crippen LogP contribution is 2.33. The molecule has 5 heteroatoms. The third-order valence-electron chi connectivity index (χ3n) is 4.63. The lowest BCUT2D eigenvalue weighted by Crippen LogP contribution is -2.38. The Balaban J connectivity index is 2.14. The summed E-state index contributed by atoms with van der Waals surface area (Å²) in [5, 5.41) is 3.79. The first-order chi connectivity index (χ1) is 12.3. The van der Waals surface area contributed by atoms with E-state index < -0.39 is 0 Å². The molecule has 1 aliphatic heterocycles. The third-order valence-corrected chi connectivity index (χ3v) is 4.88. The predicted octanol–water partition coefficient (Wildman–Crippen LogP) is 4.56. The van der Waals surface area contributed by atoms with Crippen LogP contribution >= 0.6 is 11.6 Å². The minimum absolute atomic E-state index is 0.227. The van der Waals surface area contributed by atoms with E-state index in [-0.39, 0.29) is 17.9 Å². The predicted molar refractivity (Wildman–Crippen MR) is 105 cm³/mol. The highest BCUT2D eigenvalue weighted by molar-refractivity contribution is 6.37. The van der Waals surface area contributed by atoms with Crippen molar-refractivity contribution in [2.75, 3.05) is 5.32 Å². The quantitative estimate of drug-likeness (QED) is 0.805. The summed E-state index contributed by atoms with van der Waals surface area (Å²) in [6.07, 6.45) is 0. The first-order valence-corrected chi connectivity index (χ1v) is 8.90. The Hall–Kier alpha value is -2.59. The lowest BCUT2D eigenvalue weighted by molar-refractivity contribution is -0.138. The Morgan fingerprint density at radius 2 is 1.62 bits per heavy atom. The Morgan fingerprint density at radius 3 is 2.23 bits per heavy atom. The summed E-state index contributed by atoms with van der Waals surface area (Å²) < 4.78 is 0. The van der Waals surface area contributed by atoms with Crippen LogP contribution in [-0.2, 0) is 9.59 Å². The van der Waals surface area contributed by atoms with Crippen molar-refractivity contribution >= 4 is 34.7 Å². The number of hydrogen-bond acceptors (Lipinski definition) is 3. The van der Waals surface area contributed by atoms with Crippen molar-refractivity contribution in [3.05, 3.63) is 69.9 Å². The molecule has 4 nitrogen and oxygen atoms in total. The molecule has 1 aliphatic rings. The minimum atomic E-state index is -0.309. The molecule has 0 saturated heterocycles. The first-order valence-electron chi connectivity index (χ1n) is 8.52. The van der Waals surface area contributed by atoms with Crippen molar-refractivity contribution in [1.29, 1.82) is 0 Å². The van der Waals surface area contributed by atoms with E-state index in [0.29, 0.717) is 21.9 Å². The van der Waals surface area contributed by atoms with Crippen molar-refractivity contribution < 1.29 is 9.59 Å². The van der Waals surface area contributed by atoms with Crippen molar-refractivity contribution in [3.8, 4) is 0 Å². The number of carbonyl (C=O) groups is 2. The summed E-state index contributed by atoms with van der Waals surface area (Å²) in [5.74, 6) is -0.601. The summed E-state index contributed by atoms with van der Waals surface area (Å²) in [4.78, 5) is 27.2. The molecule has 0 atom stereocenters. The molecule has 3 rings (SSSR count). The number of nitrogens with zero attached hydrogens (tertiary/aromatic N) is 1. The Bertz CT molecular complexity index is 914. The lowest BCUT2D eigenvalue weighted by atomic mass is 10.0. The van der Waals surface area contributed by atoms with E-state index in [1.165, 1.54) is 4.90 Å². The van der Waals surface area contributed by atoms with Gasteiger partial charge >= 0.3 is 0 Å². The van der Waals surface area contributed by atoms with Crippen LogP contribution in [-0.4, -0.2) is 22.8 Å². The molecule has 0 unspecified atom stereocenters. The molecule has 0 aliphatic carbocycles. The van der Waals surface area contributed by atoms with E-state index in [4.69, 9.17) is 11.6 Å². The fourth-order valence-corrected chi connectivity index (χ4v) is 3.16. The molecule has 2 aromatic carbocycles. The molecule has 0 fully saturated rings. The van der Waals surface area contributed by atoms with Gasteiger partial charge in [0.25, 0.3) is 11.8 Å². The van der Waals surface area contributed by atoms with Gasteiger partial charge in [0.1, 0.15) is 5.70 Å². The number of nitrogens with one attached hydrogen (secondary N) is 1. The van der Waals surface area contributed by atoms with Gasteiger partial charge in [-0.3, -0.25) is 14.5 Å². The normalized spacial score (nSPS) is 14.6. The van der Waals surface area contributed by atoms with Gasteiger partial charge < -0.3 is 5.32 Å². The molecule has 2 aromatic rings. The zero-order valence-electron chi connectivity index (χ0n) is 15.3. The molecular weight excluding hydrogens is 348 g/mol. The van der Waals surface area contributed by atoms with Gasteiger partial charge in [0.05, 0.1) is 5.57 Å². The van der Waals surface area contributed by atoms with Gasteiger partial charge in [-0.1, -0.05) is 35.9 Å². The Labute approximate surface area is 158 Å². The maximum Gasteiger partial charge on any atom is 0.278 e. The topological polar surface area (TPSA) is 49.4 Å². The van der Waals surface area contributed by atoms with Crippen LogP contribution in [0.4, 0.5) is 5.69 Å². The lowest BCUT2D eigenvalue weighted by Gasteiger charge is -2.19. The van der Waals surface area contributed by atoms with Gasteiger partial charge in [-0.2, -0.15) is 0 Å². The van der Waals surface area contributed by atoms with Gasteiger partial charge in [-0.25, -0.2) is 0 Å². The average Bonchev–Trinajstić information content (AvgIpc) is 2.83. The number of carbonyl (C=O) groups excluding carboxylic acids is 2. The fraction of sp³-hybridized carbons (Fsp3) is 0.238. The molecule has 2 amide bonds. The first kappa shape index (κ1) is 18.2. The third kappa shape index (κ3) is 3.13. The van der Waals surface area contributed by atoms with Crippen LogP contribution < -0.4 is 5.32 Å². The summed E-state index contributed by atoms with van der Waals surface area (Å²) in [5.41, 5.74) is 4.32. The summed E-state index contributed by atoms with van der Waals surface area (Å²) >= 11 is 5.97. The highest BCUT2D eigenvalue weighted by Gasteiger charge is 2.40. The Kier molecular flexibility index (Phi) is 4.88. The van der Waals surface area contributed by atoms with Crippen molar-refractivity contribution in [1.82, 2.24) is 4.90 Å². The zero-order chi connectivity index (χ0) is 19.0. The molecule has 0 bridgehead atoms. The molecule has 1 N–H and O–H groups in total. The van der Waals surface area contributed by atoms with Crippen molar-refractivity contribution in [2.24, 2.45) is 0 Å². The van der Waals surface area contributed by atoms with Gasteiger partial charge in [0.15, 0.2) is 0 Å². The minimum Gasteiger partial charge on any atom is -0.350 e. The Morgan fingerprint density at radius 1 is 0.962 bits per heavy atom. The molecular formula is C21H21ClN2O2. The number of hydrogen-bond donors (Lipinski definition) is 1. The summed E-state index contributed by atoms with van der Waals surface area (Å²) in [6, 6.07) is 12.6. The molecule has 26 heavy (non-hydrogen) atoms. The van der Waals surface area contributed by atoms with Crippen LogP contribution in [0, 0.1) is 13.8 Å². The van der Waals surface area contributed by atoms with E-state index in [9.17, 15) is 9.59 Å². The fourth-order valence-electron chi connectivity index (χ4n) is 3.04. The van der Waals surface area contributed by atoms with Gasteiger partial charge in [0, 0.05) is 16.8 Å². The van der Waals surface area contributed by atoms with Crippen LogP contribution in [0.25, 0.3) is 5.57 Å². The van der Waals surface area contributed by atoms with Crippen LogP contribution in [0.2, 0.25) is 5.02 Å².